The summed E-state index contributed by atoms with van der Waals surface area (Å²) in [7, 11) is 1.29. The predicted molar refractivity (Wildman–Crippen MR) is 145 cm³/mol. The van der Waals surface area contributed by atoms with Gasteiger partial charge in [0.1, 0.15) is 28.5 Å². The summed E-state index contributed by atoms with van der Waals surface area (Å²) in [5.74, 6) is -0.136. The second kappa shape index (κ2) is 10.8. The maximum atomic E-state index is 14.1. The maximum Gasteiger partial charge on any atom is 0.408 e. The highest BCUT2D eigenvalue weighted by Crippen LogP contribution is 2.41. The number of alkyl carbamates (subject to hydrolysis) is 1. The Hall–Kier alpha value is -3.29. The van der Waals surface area contributed by atoms with Crippen molar-refractivity contribution in [2.45, 2.75) is 51.2 Å². The monoisotopic (exact) mass is 559 g/mol. The summed E-state index contributed by atoms with van der Waals surface area (Å²) in [6, 6.07) is 15.1. The number of para-hydroxylation sites is 1. The third kappa shape index (κ3) is 6.05. The first-order valence-electron chi connectivity index (χ1n) is 12.0. The third-order valence-corrected chi connectivity index (χ3v) is 7.01. The highest BCUT2D eigenvalue weighted by atomic mass is 35.5. The average Bonchev–Trinajstić information content (AvgIpc) is 2.84. The van der Waals surface area contributed by atoms with Crippen LogP contribution in [0.3, 0.4) is 0 Å². The lowest BCUT2D eigenvalue weighted by atomic mass is 9.78. The molecule has 0 fully saturated rings. The van der Waals surface area contributed by atoms with Crippen LogP contribution in [0.5, 0.6) is 11.5 Å². The molecular formula is C29H28Cl2FNO5. The van der Waals surface area contributed by atoms with E-state index in [0.717, 1.165) is 17.2 Å². The van der Waals surface area contributed by atoms with Crippen molar-refractivity contribution in [1.29, 1.82) is 0 Å². The summed E-state index contributed by atoms with van der Waals surface area (Å²) >= 11 is 12.5. The number of esters is 1. The van der Waals surface area contributed by atoms with Gasteiger partial charge in [-0.2, -0.15) is 0 Å². The van der Waals surface area contributed by atoms with Crippen molar-refractivity contribution < 1.29 is 28.2 Å². The molecule has 0 saturated carbocycles. The number of carbonyl (C=O) groups is 2. The molecule has 1 aliphatic rings. The Labute approximate surface area is 231 Å². The second-order valence-corrected chi connectivity index (χ2v) is 10.9. The molecule has 0 aliphatic heterocycles. The minimum absolute atomic E-state index is 0.0990. The van der Waals surface area contributed by atoms with E-state index >= 15 is 0 Å². The Morgan fingerprint density at radius 3 is 2.45 bits per heavy atom. The fraction of sp³-hybridized carbons (Fsp3) is 0.310. The lowest BCUT2D eigenvalue weighted by Crippen LogP contribution is -2.59. The molecule has 0 heterocycles. The molecule has 1 N–H and O–H groups in total. The first kappa shape index (κ1) is 27.7. The number of carbonyl (C=O) groups excluding carboxylic acids is 2. The number of benzene rings is 3. The fourth-order valence-electron chi connectivity index (χ4n) is 4.52. The highest BCUT2D eigenvalue weighted by Gasteiger charge is 2.45. The molecule has 9 heteroatoms. The molecule has 0 bridgehead atoms. The summed E-state index contributed by atoms with van der Waals surface area (Å²) in [6.45, 7) is 5.25. The number of aryl methyl sites for hydroxylation is 1. The number of rotatable bonds is 5. The van der Waals surface area contributed by atoms with Crippen LogP contribution >= 0.6 is 23.2 Å². The van der Waals surface area contributed by atoms with Gasteiger partial charge in [-0.1, -0.05) is 47.5 Å². The number of hydrogen-bond acceptors (Lipinski definition) is 5. The van der Waals surface area contributed by atoms with Crippen LogP contribution in [0.1, 0.15) is 38.3 Å². The van der Waals surface area contributed by atoms with Crippen molar-refractivity contribution in [2.24, 2.45) is 0 Å². The Balaban J connectivity index is 1.65. The Kier molecular flexibility index (Phi) is 7.90. The van der Waals surface area contributed by atoms with Crippen LogP contribution in [0.15, 0.2) is 54.6 Å². The van der Waals surface area contributed by atoms with Gasteiger partial charge < -0.3 is 19.5 Å². The molecule has 4 rings (SSSR count). The second-order valence-electron chi connectivity index (χ2n) is 10.2. The number of nitrogens with one attached hydrogen (secondary N) is 1. The molecule has 6 nitrogen and oxygen atoms in total. The van der Waals surface area contributed by atoms with E-state index in [9.17, 15) is 14.0 Å². The molecule has 3 aromatic carbocycles. The smallest absolute Gasteiger partial charge is 0.408 e. The summed E-state index contributed by atoms with van der Waals surface area (Å²) < 4.78 is 30.8. The molecular weight excluding hydrogens is 532 g/mol. The minimum Gasteiger partial charge on any atom is -0.467 e. The molecule has 0 aromatic heterocycles. The number of hydrogen-bond donors (Lipinski definition) is 1. The van der Waals surface area contributed by atoms with Crippen molar-refractivity contribution >= 4 is 35.3 Å². The summed E-state index contributed by atoms with van der Waals surface area (Å²) in [5.41, 5.74) is 0.795. The molecule has 3 aromatic rings. The topological polar surface area (TPSA) is 73.9 Å². The van der Waals surface area contributed by atoms with Gasteiger partial charge >= 0.3 is 12.1 Å². The molecule has 0 saturated heterocycles. The molecule has 1 amide bonds. The first-order valence-corrected chi connectivity index (χ1v) is 12.8. The van der Waals surface area contributed by atoms with E-state index in [2.05, 4.69) is 5.32 Å². The van der Waals surface area contributed by atoms with Gasteiger partial charge in [0.2, 0.25) is 0 Å². The SMILES string of the molecule is COC(=O)C1(NC(=O)OC(C)(C)C)CCc2ccc(Oc3ccccc3-c3cc(F)cc(Cl)c3Cl)cc2C1. The molecule has 1 unspecified atom stereocenters. The molecule has 0 spiro atoms. The van der Waals surface area contributed by atoms with Gasteiger partial charge in [0.05, 0.1) is 17.2 Å². The van der Waals surface area contributed by atoms with Crippen LogP contribution in [0.2, 0.25) is 10.0 Å². The van der Waals surface area contributed by atoms with E-state index in [4.69, 9.17) is 37.4 Å². The van der Waals surface area contributed by atoms with E-state index in [1.165, 1.54) is 13.2 Å². The average molecular weight is 560 g/mol. The number of methoxy groups -OCH3 is 1. The Bertz CT molecular complexity index is 1390. The number of amides is 1. The van der Waals surface area contributed by atoms with Crippen molar-refractivity contribution in [3.8, 4) is 22.6 Å². The number of halogens is 3. The van der Waals surface area contributed by atoms with Crippen LogP contribution < -0.4 is 10.1 Å². The van der Waals surface area contributed by atoms with Crippen LogP contribution in [0, 0.1) is 5.82 Å². The van der Waals surface area contributed by atoms with Crippen LogP contribution in [-0.2, 0) is 27.1 Å². The van der Waals surface area contributed by atoms with Crippen molar-refractivity contribution in [2.75, 3.05) is 7.11 Å². The minimum atomic E-state index is -1.29. The molecule has 38 heavy (non-hydrogen) atoms. The molecule has 0 radical (unpaired) electrons. The Morgan fingerprint density at radius 2 is 1.74 bits per heavy atom. The van der Waals surface area contributed by atoms with Crippen LogP contribution in [0.4, 0.5) is 9.18 Å². The maximum absolute atomic E-state index is 14.1. The fourth-order valence-corrected chi connectivity index (χ4v) is 4.94. The third-order valence-electron chi connectivity index (χ3n) is 6.21. The predicted octanol–water partition coefficient (Wildman–Crippen LogP) is 7.52. The van der Waals surface area contributed by atoms with E-state index in [1.54, 1.807) is 45.0 Å². The quantitative estimate of drug-likeness (QED) is 0.258. The normalized spacial score (nSPS) is 16.8. The summed E-state index contributed by atoms with van der Waals surface area (Å²) in [6.07, 6.45) is 0.388. The van der Waals surface area contributed by atoms with E-state index < -0.39 is 29.0 Å². The van der Waals surface area contributed by atoms with Crippen molar-refractivity contribution in [1.82, 2.24) is 5.32 Å². The summed E-state index contributed by atoms with van der Waals surface area (Å²) in [4.78, 5) is 25.5. The van der Waals surface area contributed by atoms with E-state index in [0.29, 0.717) is 35.5 Å². The van der Waals surface area contributed by atoms with E-state index in [1.807, 2.05) is 18.2 Å². The van der Waals surface area contributed by atoms with Gasteiger partial charge in [0.25, 0.3) is 0 Å². The van der Waals surface area contributed by atoms with Gasteiger partial charge in [0, 0.05) is 17.5 Å². The molecule has 1 aliphatic carbocycles. The Morgan fingerprint density at radius 1 is 1.00 bits per heavy atom. The highest BCUT2D eigenvalue weighted by molar-refractivity contribution is 6.43. The standard InChI is InChI=1S/C29H28Cl2FNO5/c1-28(2,3)38-27(35)33-29(26(34)36-4)12-11-17-9-10-20(13-18(17)16-29)37-24-8-6-5-7-21(24)22-14-19(32)15-23(30)25(22)31/h5-10,13-15H,11-12,16H2,1-4H3,(H,33,35). The van der Waals surface area contributed by atoms with Gasteiger partial charge in [-0.3, -0.25) is 0 Å². The van der Waals surface area contributed by atoms with Gasteiger partial charge in [-0.15, -0.1) is 0 Å². The van der Waals surface area contributed by atoms with E-state index in [-0.39, 0.29) is 16.5 Å². The molecule has 1 atom stereocenters. The molecule has 200 valence electrons. The first-order chi connectivity index (χ1) is 17.9. The number of fused-ring (bicyclic) bond motifs is 1. The zero-order valence-electron chi connectivity index (χ0n) is 21.5. The van der Waals surface area contributed by atoms with Gasteiger partial charge in [-0.05, 0) is 75.1 Å². The van der Waals surface area contributed by atoms with Gasteiger partial charge in [0.15, 0.2) is 0 Å². The van der Waals surface area contributed by atoms with Gasteiger partial charge in [-0.25, -0.2) is 14.0 Å². The van der Waals surface area contributed by atoms with Crippen LogP contribution in [-0.4, -0.2) is 30.3 Å². The summed E-state index contributed by atoms with van der Waals surface area (Å²) in [5, 5.41) is 3.07. The lowest BCUT2D eigenvalue weighted by Gasteiger charge is -2.36. The lowest BCUT2D eigenvalue weighted by molar-refractivity contribution is -0.149. The number of ether oxygens (including phenoxy) is 3. The zero-order chi connectivity index (χ0) is 27.7. The zero-order valence-corrected chi connectivity index (χ0v) is 23.0. The van der Waals surface area contributed by atoms with Crippen LogP contribution in [0.25, 0.3) is 11.1 Å². The van der Waals surface area contributed by atoms with Crippen molar-refractivity contribution in [3.05, 3.63) is 81.6 Å². The largest absolute Gasteiger partial charge is 0.467 e. The van der Waals surface area contributed by atoms with Crippen molar-refractivity contribution in [3.63, 3.8) is 0 Å².